The predicted octanol–water partition coefficient (Wildman–Crippen LogP) is 3.22. The van der Waals surface area contributed by atoms with Crippen LogP contribution in [0.15, 0.2) is 10.9 Å². The Hall–Kier alpha value is -0.310. The maximum absolute atomic E-state index is 4.15. The summed E-state index contributed by atoms with van der Waals surface area (Å²) in [5.41, 5.74) is 1.31. The van der Waals surface area contributed by atoms with Gasteiger partial charge in [-0.2, -0.15) is 0 Å². The quantitative estimate of drug-likeness (QED) is 0.786. The molecule has 0 atom stereocenters. The van der Waals surface area contributed by atoms with E-state index in [1.807, 2.05) is 6.20 Å². The zero-order chi connectivity index (χ0) is 8.39. The summed E-state index contributed by atoms with van der Waals surface area (Å²) < 4.78 is 0.864. The zero-order valence-electron chi connectivity index (χ0n) is 7.02. The van der Waals surface area contributed by atoms with Crippen LogP contribution in [0.25, 0.3) is 0 Å². The van der Waals surface area contributed by atoms with Crippen molar-refractivity contribution in [1.82, 2.24) is 9.97 Å². The van der Waals surface area contributed by atoms with Crippen LogP contribution in [0.5, 0.6) is 0 Å². The van der Waals surface area contributed by atoms with Crippen LogP contribution in [0.1, 0.15) is 43.7 Å². The van der Waals surface area contributed by atoms with Gasteiger partial charge in [0.1, 0.15) is 0 Å². The molecule has 2 nitrogen and oxygen atoms in total. The monoisotopic (exact) mass is 228 g/mol. The van der Waals surface area contributed by atoms with Gasteiger partial charge in [0.05, 0.1) is 0 Å². The molecular weight excluding hydrogens is 216 g/mol. The topological polar surface area (TPSA) is 28.7 Å². The van der Waals surface area contributed by atoms with Crippen molar-refractivity contribution in [3.05, 3.63) is 16.6 Å². The molecule has 0 spiro atoms. The van der Waals surface area contributed by atoms with Gasteiger partial charge in [0.25, 0.3) is 0 Å². The molecule has 0 radical (unpaired) electrons. The van der Waals surface area contributed by atoms with E-state index < -0.39 is 0 Å². The third kappa shape index (κ3) is 1.71. The van der Waals surface area contributed by atoms with Gasteiger partial charge >= 0.3 is 0 Å². The third-order valence-electron chi connectivity index (χ3n) is 2.61. The van der Waals surface area contributed by atoms with Crippen LogP contribution >= 0.6 is 15.9 Å². The van der Waals surface area contributed by atoms with Gasteiger partial charge in [0, 0.05) is 17.8 Å². The molecule has 1 N–H and O–H groups in total. The molecule has 2 rings (SSSR count). The number of halogens is 1. The predicted molar refractivity (Wildman–Crippen MR) is 52.1 cm³/mol. The van der Waals surface area contributed by atoms with Gasteiger partial charge in [-0.1, -0.05) is 19.3 Å². The van der Waals surface area contributed by atoms with E-state index in [1.54, 1.807) is 0 Å². The molecule has 0 aliphatic heterocycles. The van der Waals surface area contributed by atoms with Crippen molar-refractivity contribution in [3.8, 4) is 0 Å². The highest BCUT2D eigenvalue weighted by Crippen LogP contribution is 2.31. The first kappa shape index (κ1) is 8.30. The largest absolute Gasteiger partial charge is 0.336 e. The summed E-state index contributed by atoms with van der Waals surface area (Å²) in [7, 11) is 0. The van der Waals surface area contributed by atoms with Crippen molar-refractivity contribution >= 4 is 15.9 Å². The van der Waals surface area contributed by atoms with Crippen LogP contribution in [0.2, 0.25) is 0 Å². The minimum Gasteiger partial charge on any atom is -0.336 e. The number of H-pyrrole nitrogens is 1. The average Bonchev–Trinajstić information content (AvgIpc) is 2.54. The van der Waals surface area contributed by atoms with Gasteiger partial charge in [0.2, 0.25) is 0 Å². The highest BCUT2D eigenvalue weighted by molar-refractivity contribution is 9.10. The van der Waals surface area contributed by atoms with Crippen molar-refractivity contribution in [2.45, 2.75) is 38.0 Å². The van der Waals surface area contributed by atoms with Crippen LogP contribution < -0.4 is 0 Å². The lowest BCUT2D eigenvalue weighted by Crippen LogP contribution is -2.04. The Morgan fingerprint density at radius 2 is 2.08 bits per heavy atom. The first-order valence-electron chi connectivity index (χ1n) is 4.56. The summed E-state index contributed by atoms with van der Waals surface area (Å²) in [5.74, 6) is 0.734. The molecule has 66 valence electrons. The van der Waals surface area contributed by atoms with Crippen LogP contribution in [-0.4, -0.2) is 9.97 Å². The Morgan fingerprint density at radius 1 is 1.33 bits per heavy atom. The highest BCUT2D eigenvalue weighted by atomic mass is 79.9. The summed E-state index contributed by atoms with van der Waals surface area (Å²) in [6.45, 7) is 0. The fraction of sp³-hybridized carbons (Fsp3) is 0.667. The lowest BCUT2D eigenvalue weighted by molar-refractivity contribution is 0.437. The maximum atomic E-state index is 4.15. The van der Waals surface area contributed by atoms with Crippen molar-refractivity contribution in [2.24, 2.45) is 0 Å². The molecule has 3 heteroatoms. The van der Waals surface area contributed by atoms with Gasteiger partial charge in [0.15, 0.2) is 4.73 Å². The average molecular weight is 229 g/mol. The Balaban J connectivity index is 2.08. The van der Waals surface area contributed by atoms with E-state index in [0.29, 0.717) is 0 Å². The Morgan fingerprint density at radius 3 is 2.67 bits per heavy atom. The summed E-state index contributed by atoms with van der Waals surface area (Å²) in [6, 6.07) is 0. The smallest absolute Gasteiger partial charge is 0.174 e. The first-order valence-corrected chi connectivity index (χ1v) is 5.36. The molecule has 0 amide bonds. The molecule has 12 heavy (non-hydrogen) atoms. The molecule has 1 aromatic heterocycles. The van der Waals surface area contributed by atoms with Crippen LogP contribution in [0.4, 0.5) is 0 Å². The van der Waals surface area contributed by atoms with Crippen molar-refractivity contribution in [1.29, 1.82) is 0 Å². The fourth-order valence-electron chi connectivity index (χ4n) is 1.93. The number of nitrogens with zero attached hydrogens (tertiary/aromatic N) is 1. The molecule has 0 bridgehead atoms. The number of aromatic nitrogens is 2. The number of rotatable bonds is 1. The van der Waals surface area contributed by atoms with Crippen LogP contribution in [0, 0.1) is 0 Å². The summed E-state index contributed by atoms with van der Waals surface area (Å²) in [4.78, 5) is 7.40. The molecule has 1 saturated carbocycles. The third-order valence-corrected chi connectivity index (χ3v) is 3.01. The Bertz CT molecular complexity index is 251. The van der Waals surface area contributed by atoms with Gasteiger partial charge in [-0.3, -0.25) is 0 Å². The number of hydrogen-bond acceptors (Lipinski definition) is 1. The molecule has 0 aromatic carbocycles. The Kier molecular flexibility index (Phi) is 2.49. The second-order valence-electron chi connectivity index (χ2n) is 3.46. The SMILES string of the molecule is Brc1ncc(C2CCCCC2)[nH]1. The van der Waals surface area contributed by atoms with E-state index in [1.165, 1.54) is 37.8 Å². The van der Waals surface area contributed by atoms with E-state index in [2.05, 4.69) is 25.9 Å². The van der Waals surface area contributed by atoms with Gasteiger partial charge < -0.3 is 4.98 Å². The van der Waals surface area contributed by atoms with Gasteiger partial charge in [-0.05, 0) is 28.8 Å². The molecule has 1 aromatic rings. The van der Waals surface area contributed by atoms with Gasteiger partial charge in [-0.15, -0.1) is 0 Å². The van der Waals surface area contributed by atoms with E-state index in [-0.39, 0.29) is 0 Å². The molecule has 1 aliphatic rings. The molecule has 1 fully saturated rings. The summed E-state index contributed by atoms with van der Waals surface area (Å²) >= 11 is 3.33. The molecule has 1 aliphatic carbocycles. The van der Waals surface area contributed by atoms with Crippen molar-refractivity contribution in [2.75, 3.05) is 0 Å². The minimum atomic E-state index is 0.734. The van der Waals surface area contributed by atoms with Crippen LogP contribution in [-0.2, 0) is 0 Å². The second-order valence-corrected chi connectivity index (χ2v) is 4.22. The molecule has 0 unspecified atom stereocenters. The molecular formula is C9H13BrN2. The first-order chi connectivity index (χ1) is 5.86. The number of hydrogen-bond donors (Lipinski definition) is 1. The van der Waals surface area contributed by atoms with E-state index in [9.17, 15) is 0 Å². The van der Waals surface area contributed by atoms with E-state index in [0.717, 1.165) is 10.7 Å². The number of imidazole rings is 1. The van der Waals surface area contributed by atoms with E-state index in [4.69, 9.17) is 0 Å². The Labute approximate surface area is 80.9 Å². The van der Waals surface area contributed by atoms with Crippen molar-refractivity contribution < 1.29 is 0 Å². The maximum Gasteiger partial charge on any atom is 0.174 e. The minimum absolute atomic E-state index is 0.734. The number of nitrogens with one attached hydrogen (secondary N) is 1. The van der Waals surface area contributed by atoms with Crippen molar-refractivity contribution in [3.63, 3.8) is 0 Å². The lowest BCUT2D eigenvalue weighted by Gasteiger charge is -2.19. The summed E-state index contributed by atoms with van der Waals surface area (Å²) in [6.07, 6.45) is 8.78. The standard InChI is InChI=1S/C9H13BrN2/c10-9-11-6-8(12-9)7-4-2-1-3-5-7/h6-7H,1-5H2,(H,11,12). The lowest BCUT2D eigenvalue weighted by atomic mass is 9.87. The highest BCUT2D eigenvalue weighted by Gasteiger charge is 2.16. The molecule has 0 saturated heterocycles. The van der Waals surface area contributed by atoms with Gasteiger partial charge in [-0.25, -0.2) is 4.98 Å². The second kappa shape index (κ2) is 3.60. The zero-order valence-corrected chi connectivity index (χ0v) is 8.60. The van der Waals surface area contributed by atoms with Crippen LogP contribution in [0.3, 0.4) is 0 Å². The summed E-state index contributed by atoms with van der Waals surface area (Å²) in [5, 5.41) is 0. The van der Waals surface area contributed by atoms with E-state index >= 15 is 0 Å². The fourth-order valence-corrected chi connectivity index (χ4v) is 2.26. The molecule has 1 heterocycles. The number of aromatic amines is 1. The normalized spacial score (nSPS) is 19.8.